The SMILES string of the molecule is C=CC(Nc1ccc(OC(F)(F)F)c(Br)c1)C(=O)O. The van der Waals surface area contributed by atoms with E-state index in [2.05, 4.69) is 32.6 Å². The van der Waals surface area contributed by atoms with E-state index in [0.717, 1.165) is 12.1 Å². The van der Waals surface area contributed by atoms with Crippen molar-refractivity contribution in [2.24, 2.45) is 0 Å². The second-order valence-corrected chi connectivity index (χ2v) is 4.24. The number of hydrogen-bond acceptors (Lipinski definition) is 3. The van der Waals surface area contributed by atoms with Crippen molar-refractivity contribution in [3.63, 3.8) is 0 Å². The normalized spacial score (nSPS) is 12.6. The van der Waals surface area contributed by atoms with E-state index in [4.69, 9.17) is 5.11 Å². The van der Waals surface area contributed by atoms with Crippen LogP contribution in [0.5, 0.6) is 5.75 Å². The fourth-order valence-corrected chi connectivity index (χ4v) is 1.66. The Labute approximate surface area is 115 Å². The maximum absolute atomic E-state index is 12.0. The highest BCUT2D eigenvalue weighted by Crippen LogP contribution is 2.32. The van der Waals surface area contributed by atoms with Crippen molar-refractivity contribution in [3.8, 4) is 5.75 Å². The van der Waals surface area contributed by atoms with Crippen LogP contribution in [-0.4, -0.2) is 23.5 Å². The van der Waals surface area contributed by atoms with Crippen LogP contribution >= 0.6 is 15.9 Å². The van der Waals surface area contributed by atoms with Gasteiger partial charge >= 0.3 is 12.3 Å². The second kappa shape index (κ2) is 5.96. The minimum atomic E-state index is -4.79. The molecule has 1 atom stereocenters. The highest BCUT2D eigenvalue weighted by molar-refractivity contribution is 9.10. The Morgan fingerprint density at radius 3 is 2.58 bits per heavy atom. The van der Waals surface area contributed by atoms with Crippen molar-refractivity contribution in [1.29, 1.82) is 0 Å². The van der Waals surface area contributed by atoms with Gasteiger partial charge in [0.25, 0.3) is 0 Å². The van der Waals surface area contributed by atoms with E-state index in [-0.39, 0.29) is 4.47 Å². The van der Waals surface area contributed by atoms with Gasteiger partial charge in [0.2, 0.25) is 0 Å². The number of carbonyl (C=O) groups is 1. The van der Waals surface area contributed by atoms with Crippen LogP contribution in [0, 0.1) is 0 Å². The van der Waals surface area contributed by atoms with E-state index in [1.165, 1.54) is 12.1 Å². The molecule has 0 radical (unpaired) electrons. The summed E-state index contributed by atoms with van der Waals surface area (Å²) in [5.41, 5.74) is 0.314. The number of rotatable bonds is 5. The van der Waals surface area contributed by atoms with Crippen molar-refractivity contribution in [2.75, 3.05) is 5.32 Å². The molecule has 0 fully saturated rings. The smallest absolute Gasteiger partial charge is 0.479 e. The fourth-order valence-electron chi connectivity index (χ4n) is 1.20. The molecule has 8 heteroatoms. The zero-order valence-electron chi connectivity index (χ0n) is 9.37. The summed E-state index contributed by atoms with van der Waals surface area (Å²) < 4.78 is 39.9. The standard InChI is InChI=1S/C11H9BrF3NO3/c1-2-8(10(17)18)16-6-3-4-9(7(12)5-6)19-11(13,14)15/h2-5,8,16H,1H2,(H,17,18). The van der Waals surface area contributed by atoms with E-state index < -0.39 is 24.1 Å². The van der Waals surface area contributed by atoms with Gasteiger partial charge in [0, 0.05) is 5.69 Å². The van der Waals surface area contributed by atoms with Crippen LogP contribution in [0.4, 0.5) is 18.9 Å². The molecule has 2 N–H and O–H groups in total. The summed E-state index contributed by atoms with van der Waals surface area (Å²) in [6, 6.07) is 2.58. The highest BCUT2D eigenvalue weighted by Gasteiger charge is 2.32. The molecule has 0 heterocycles. The molecule has 19 heavy (non-hydrogen) atoms. The monoisotopic (exact) mass is 339 g/mol. The first-order valence-electron chi connectivity index (χ1n) is 4.90. The summed E-state index contributed by atoms with van der Waals surface area (Å²) in [6.45, 7) is 3.34. The van der Waals surface area contributed by atoms with Gasteiger partial charge in [-0.1, -0.05) is 6.08 Å². The molecule has 0 aliphatic heterocycles. The van der Waals surface area contributed by atoms with Crippen LogP contribution in [0.25, 0.3) is 0 Å². The van der Waals surface area contributed by atoms with E-state index in [0.29, 0.717) is 5.69 Å². The van der Waals surface area contributed by atoms with Crippen molar-refractivity contribution in [2.45, 2.75) is 12.4 Å². The Hall–Kier alpha value is -1.70. The lowest BCUT2D eigenvalue weighted by molar-refractivity contribution is -0.274. The molecular formula is C11H9BrF3NO3. The first-order chi connectivity index (χ1) is 8.73. The minimum absolute atomic E-state index is 0.0445. The summed E-state index contributed by atoms with van der Waals surface area (Å²) in [5.74, 6) is -1.56. The van der Waals surface area contributed by atoms with E-state index >= 15 is 0 Å². The Morgan fingerprint density at radius 1 is 1.53 bits per heavy atom. The van der Waals surface area contributed by atoms with Gasteiger partial charge in [-0.15, -0.1) is 19.8 Å². The maximum atomic E-state index is 12.0. The first kappa shape index (κ1) is 15.4. The van der Waals surface area contributed by atoms with Gasteiger partial charge in [-0.05, 0) is 34.1 Å². The highest BCUT2D eigenvalue weighted by atomic mass is 79.9. The van der Waals surface area contributed by atoms with Crippen LogP contribution in [-0.2, 0) is 4.79 Å². The van der Waals surface area contributed by atoms with Crippen LogP contribution in [0.3, 0.4) is 0 Å². The molecule has 0 amide bonds. The molecule has 0 bridgehead atoms. The molecule has 1 aromatic rings. The Bertz CT molecular complexity index is 491. The average molecular weight is 340 g/mol. The van der Waals surface area contributed by atoms with Gasteiger partial charge in [0.1, 0.15) is 11.8 Å². The van der Waals surface area contributed by atoms with Crippen molar-refractivity contribution in [1.82, 2.24) is 0 Å². The van der Waals surface area contributed by atoms with Crippen LogP contribution in [0.15, 0.2) is 35.3 Å². The van der Waals surface area contributed by atoms with Gasteiger partial charge in [0.15, 0.2) is 0 Å². The number of halogens is 4. The lowest BCUT2D eigenvalue weighted by Gasteiger charge is -2.14. The number of anilines is 1. The van der Waals surface area contributed by atoms with Gasteiger partial charge in [0.05, 0.1) is 4.47 Å². The van der Waals surface area contributed by atoms with E-state index in [9.17, 15) is 18.0 Å². The van der Waals surface area contributed by atoms with Gasteiger partial charge < -0.3 is 15.2 Å². The van der Waals surface area contributed by atoms with Crippen LogP contribution < -0.4 is 10.1 Å². The molecule has 0 aliphatic carbocycles. The zero-order chi connectivity index (χ0) is 14.6. The summed E-state index contributed by atoms with van der Waals surface area (Å²) in [5, 5.41) is 11.4. The Kier molecular flexibility index (Phi) is 4.82. The third-order valence-electron chi connectivity index (χ3n) is 1.98. The third-order valence-corrected chi connectivity index (χ3v) is 2.60. The Balaban J connectivity index is 2.88. The van der Waals surface area contributed by atoms with Crippen molar-refractivity contribution in [3.05, 3.63) is 35.3 Å². The molecule has 0 spiro atoms. The predicted molar refractivity (Wildman–Crippen MR) is 66.1 cm³/mol. The fraction of sp³-hybridized carbons (Fsp3) is 0.182. The summed E-state index contributed by atoms with van der Waals surface area (Å²) in [4.78, 5) is 10.8. The molecule has 4 nitrogen and oxygen atoms in total. The number of alkyl halides is 3. The average Bonchev–Trinajstić information content (AvgIpc) is 2.27. The van der Waals surface area contributed by atoms with E-state index in [1.807, 2.05) is 0 Å². The largest absolute Gasteiger partial charge is 0.573 e. The molecule has 1 aromatic carbocycles. The van der Waals surface area contributed by atoms with Gasteiger partial charge in [-0.3, -0.25) is 0 Å². The molecule has 104 valence electrons. The second-order valence-electron chi connectivity index (χ2n) is 3.39. The lowest BCUT2D eigenvalue weighted by Crippen LogP contribution is -2.26. The van der Waals surface area contributed by atoms with Crippen molar-refractivity contribution >= 4 is 27.6 Å². The lowest BCUT2D eigenvalue weighted by atomic mass is 10.2. The van der Waals surface area contributed by atoms with Gasteiger partial charge in [-0.25, -0.2) is 4.79 Å². The van der Waals surface area contributed by atoms with Crippen LogP contribution in [0.1, 0.15) is 0 Å². The van der Waals surface area contributed by atoms with Crippen LogP contribution in [0.2, 0.25) is 0 Å². The topological polar surface area (TPSA) is 58.6 Å². The zero-order valence-corrected chi connectivity index (χ0v) is 11.0. The number of carboxylic acids is 1. The minimum Gasteiger partial charge on any atom is -0.479 e. The van der Waals surface area contributed by atoms with Gasteiger partial charge in [-0.2, -0.15) is 0 Å². The molecular weight excluding hydrogens is 331 g/mol. The quantitative estimate of drug-likeness (QED) is 0.807. The molecule has 0 aliphatic rings. The predicted octanol–water partition coefficient (Wildman–Crippen LogP) is 3.40. The number of ether oxygens (including phenoxy) is 1. The number of carboxylic acid groups (broad SMARTS) is 1. The van der Waals surface area contributed by atoms with E-state index in [1.54, 1.807) is 0 Å². The number of benzene rings is 1. The number of nitrogens with one attached hydrogen (secondary N) is 1. The summed E-state index contributed by atoms with van der Waals surface area (Å²) >= 11 is 2.91. The van der Waals surface area contributed by atoms with Crippen molar-refractivity contribution < 1.29 is 27.8 Å². The third kappa shape index (κ3) is 4.82. The first-order valence-corrected chi connectivity index (χ1v) is 5.69. The molecule has 0 aromatic heterocycles. The molecule has 0 saturated heterocycles. The maximum Gasteiger partial charge on any atom is 0.573 e. The molecule has 0 saturated carbocycles. The summed E-state index contributed by atoms with van der Waals surface area (Å²) in [7, 11) is 0. The molecule has 1 rings (SSSR count). The molecule has 1 unspecified atom stereocenters. The number of hydrogen-bond donors (Lipinski definition) is 2. The number of aliphatic carboxylic acids is 1. The Morgan fingerprint density at radius 2 is 2.16 bits per heavy atom. The summed E-state index contributed by atoms with van der Waals surface area (Å²) in [6.07, 6.45) is -3.63.